The predicted molar refractivity (Wildman–Crippen MR) is 107 cm³/mol. The van der Waals surface area contributed by atoms with E-state index in [0.717, 1.165) is 17.8 Å². The lowest BCUT2D eigenvalue weighted by molar-refractivity contribution is 0.0605. The number of pyridine rings is 1. The van der Waals surface area contributed by atoms with Crippen LogP contribution >= 0.6 is 11.3 Å². The first-order chi connectivity index (χ1) is 12.9. The van der Waals surface area contributed by atoms with Gasteiger partial charge in [0.25, 0.3) is 11.6 Å². The molecule has 142 valence electrons. The Morgan fingerprint density at radius 1 is 1.30 bits per heavy atom. The van der Waals surface area contributed by atoms with E-state index < -0.39 is 0 Å². The molecule has 1 fully saturated rings. The molecule has 0 aromatic carbocycles. The number of thiophene rings is 1. The number of piperazine rings is 1. The Kier molecular flexibility index (Phi) is 4.52. The Bertz CT molecular complexity index is 1020. The fourth-order valence-electron chi connectivity index (χ4n) is 3.78. The minimum atomic E-state index is 0.0143. The second-order valence-electron chi connectivity index (χ2n) is 7.31. The fraction of sp³-hybridized carbons (Fsp3) is 0.450. The summed E-state index contributed by atoms with van der Waals surface area (Å²) in [6.07, 6.45) is 0. The van der Waals surface area contributed by atoms with Gasteiger partial charge in [-0.1, -0.05) is 5.16 Å². The molecule has 0 bridgehead atoms. The monoisotopic (exact) mass is 384 g/mol. The number of hydrogen-bond acceptors (Lipinski definition) is 6. The summed E-state index contributed by atoms with van der Waals surface area (Å²) in [6.45, 7) is 11.7. The number of aromatic nitrogens is 2. The summed E-state index contributed by atoms with van der Waals surface area (Å²) in [5.41, 5.74) is 3.55. The molecule has 1 saturated heterocycles. The third-order valence-corrected chi connectivity index (χ3v) is 6.43. The van der Waals surface area contributed by atoms with Gasteiger partial charge >= 0.3 is 0 Å². The predicted octanol–water partition coefficient (Wildman–Crippen LogP) is 3.70. The molecular formula is C20H24N4O2S. The second-order valence-corrected chi connectivity index (χ2v) is 8.77. The number of fused-ring (bicyclic) bond motifs is 1. The number of amides is 1. The number of aryl methyl sites for hydroxylation is 3. The van der Waals surface area contributed by atoms with E-state index >= 15 is 0 Å². The normalized spacial score (nSPS) is 20.4. The van der Waals surface area contributed by atoms with E-state index in [0.29, 0.717) is 28.9 Å². The number of carbonyl (C=O) groups is 1. The molecule has 2 atom stereocenters. The highest BCUT2D eigenvalue weighted by atomic mass is 32.1. The number of nitrogens with zero attached hydrogens (tertiary/aromatic N) is 3. The molecule has 0 saturated carbocycles. The average Bonchev–Trinajstić information content (AvgIpc) is 3.18. The van der Waals surface area contributed by atoms with Crippen molar-refractivity contribution < 1.29 is 9.32 Å². The Morgan fingerprint density at radius 3 is 2.78 bits per heavy atom. The van der Waals surface area contributed by atoms with E-state index in [1.165, 1.54) is 9.75 Å². The standard InChI is InChI=1S/C20H24N4O2S/c1-10-8-15(14(5)27-10)17-9-16(18-12(3)23-26-19(18)22-17)20(25)24-7-6-21-11(2)13(24)4/h8-9,11,13,21H,6-7H2,1-5H3. The molecule has 2 unspecified atom stereocenters. The van der Waals surface area contributed by atoms with Gasteiger partial charge in [-0.15, -0.1) is 11.3 Å². The number of nitrogens with one attached hydrogen (secondary N) is 1. The first kappa shape index (κ1) is 18.1. The van der Waals surface area contributed by atoms with Gasteiger partial charge in [0.15, 0.2) is 0 Å². The van der Waals surface area contributed by atoms with Crippen molar-refractivity contribution in [2.75, 3.05) is 13.1 Å². The van der Waals surface area contributed by atoms with Crippen LogP contribution in [-0.2, 0) is 0 Å². The van der Waals surface area contributed by atoms with Gasteiger partial charge in [-0.05, 0) is 46.8 Å². The first-order valence-corrected chi connectivity index (χ1v) is 10.1. The molecule has 0 radical (unpaired) electrons. The van der Waals surface area contributed by atoms with Crippen molar-refractivity contribution >= 4 is 28.3 Å². The van der Waals surface area contributed by atoms with Gasteiger partial charge in [0, 0.05) is 40.5 Å². The van der Waals surface area contributed by atoms with Crippen molar-refractivity contribution in [2.45, 2.75) is 46.7 Å². The van der Waals surface area contributed by atoms with Crippen molar-refractivity contribution in [3.8, 4) is 11.3 Å². The molecule has 1 aliphatic rings. The van der Waals surface area contributed by atoms with E-state index in [-0.39, 0.29) is 18.0 Å². The van der Waals surface area contributed by atoms with Gasteiger partial charge in [0.1, 0.15) is 0 Å². The van der Waals surface area contributed by atoms with E-state index in [9.17, 15) is 4.79 Å². The zero-order valence-corrected chi connectivity index (χ0v) is 17.1. The topological polar surface area (TPSA) is 71.3 Å². The molecule has 4 heterocycles. The molecule has 0 aliphatic carbocycles. The van der Waals surface area contributed by atoms with Crippen LogP contribution in [0.4, 0.5) is 0 Å². The molecule has 3 aromatic rings. The largest absolute Gasteiger partial charge is 0.335 e. The van der Waals surface area contributed by atoms with Gasteiger partial charge in [-0.25, -0.2) is 4.98 Å². The Hall–Kier alpha value is -2.25. The molecule has 1 N–H and O–H groups in total. The number of rotatable bonds is 2. The number of carbonyl (C=O) groups excluding carboxylic acids is 1. The first-order valence-electron chi connectivity index (χ1n) is 9.25. The molecule has 0 spiro atoms. The maximum atomic E-state index is 13.5. The molecule has 3 aromatic heterocycles. The minimum absolute atomic E-state index is 0.0143. The quantitative estimate of drug-likeness (QED) is 0.729. The second kappa shape index (κ2) is 6.73. The maximum absolute atomic E-state index is 13.5. The summed E-state index contributed by atoms with van der Waals surface area (Å²) in [7, 11) is 0. The molecule has 7 heteroatoms. The highest BCUT2D eigenvalue weighted by molar-refractivity contribution is 7.12. The molecule has 27 heavy (non-hydrogen) atoms. The van der Waals surface area contributed by atoms with Crippen LogP contribution in [0.25, 0.3) is 22.4 Å². The van der Waals surface area contributed by atoms with Gasteiger partial charge in [-0.2, -0.15) is 0 Å². The smallest absolute Gasteiger partial charge is 0.259 e. The summed E-state index contributed by atoms with van der Waals surface area (Å²) < 4.78 is 5.44. The fourth-order valence-corrected chi connectivity index (χ4v) is 4.72. The SMILES string of the molecule is Cc1cc(-c2cc(C(=O)N3CCNC(C)C3C)c3c(C)noc3n2)c(C)s1. The lowest BCUT2D eigenvalue weighted by Gasteiger charge is -2.38. The highest BCUT2D eigenvalue weighted by Gasteiger charge is 2.31. The van der Waals surface area contributed by atoms with Crippen molar-refractivity contribution in [3.05, 3.63) is 33.1 Å². The zero-order valence-electron chi connectivity index (χ0n) is 16.3. The minimum Gasteiger partial charge on any atom is -0.335 e. The van der Waals surface area contributed by atoms with Crippen LogP contribution in [0.3, 0.4) is 0 Å². The van der Waals surface area contributed by atoms with Crippen molar-refractivity contribution in [2.24, 2.45) is 0 Å². The van der Waals surface area contributed by atoms with Crippen LogP contribution < -0.4 is 5.32 Å². The van der Waals surface area contributed by atoms with Gasteiger partial charge in [0.05, 0.1) is 22.3 Å². The maximum Gasteiger partial charge on any atom is 0.259 e. The summed E-state index contributed by atoms with van der Waals surface area (Å²) in [6, 6.07) is 4.39. The van der Waals surface area contributed by atoms with E-state index in [4.69, 9.17) is 4.52 Å². The van der Waals surface area contributed by atoms with Crippen molar-refractivity contribution in [1.82, 2.24) is 20.4 Å². The third kappa shape index (κ3) is 3.04. The Balaban J connectivity index is 1.87. The van der Waals surface area contributed by atoms with E-state index in [1.54, 1.807) is 11.3 Å². The molecular weight excluding hydrogens is 360 g/mol. The Labute approximate surface area is 162 Å². The summed E-state index contributed by atoms with van der Waals surface area (Å²) in [5, 5.41) is 8.20. The van der Waals surface area contributed by atoms with E-state index in [1.807, 2.05) is 17.9 Å². The molecule has 1 amide bonds. The molecule has 1 aliphatic heterocycles. The van der Waals surface area contributed by atoms with Crippen LogP contribution in [0, 0.1) is 20.8 Å². The Morgan fingerprint density at radius 2 is 2.07 bits per heavy atom. The molecule has 6 nitrogen and oxygen atoms in total. The van der Waals surface area contributed by atoms with Gasteiger partial charge < -0.3 is 14.7 Å². The summed E-state index contributed by atoms with van der Waals surface area (Å²) in [4.78, 5) is 22.5. The van der Waals surface area contributed by atoms with Crippen LogP contribution in [0.2, 0.25) is 0 Å². The lowest BCUT2D eigenvalue weighted by atomic mass is 10.0. The van der Waals surface area contributed by atoms with Gasteiger partial charge in [-0.3, -0.25) is 4.79 Å². The van der Waals surface area contributed by atoms with Gasteiger partial charge in [0.2, 0.25) is 0 Å². The van der Waals surface area contributed by atoms with Crippen LogP contribution in [0.5, 0.6) is 0 Å². The number of hydrogen-bond donors (Lipinski definition) is 1. The average molecular weight is 385 g/mol. The van der Waals surface area contributed by atoms with Crippen LogP contribution in [-0.4, -0.2) is 46.1 Å². The lowest BCUT2D eigenvalue weighted by Crippen LogP contribution is -2.57. The molecule has 4 rings (SSSR count). The summed E-state index contributed by atoms with van der Waals surface area (Å²) in [5.74, 6) is 0.0143. The van der Waals surface area contributed by atoms with Crippen LogP contribution in [0.15, 0.2) is 16.7 Å². The van der Waals surface area contributed by atoms with E-state index in [2.05, 4.69) is 49.2 Å². The van der Waals surface area contributed by atoms with Crippen molar-refractivity contribution in [1.29, 1.82) is 0 Å². The summed E-state index contributed by atoms with van der Waals surface area (Å²) >= 11 is 1.73. The van der Waals surface area contributed by atoms with Crippen molar-refractivity contribution in [3.63, 3.8) is 0 Å². The third-order valence-electron chi connectivity index (χ3n) is 5.46. The van der Waals surface area contributed by atoms with Crippen LogP contribution in [0.1, 0.15) is 39.7 Å². The highest BCUT2D eigenvalue weighted by Crippen LogP contribution is 2.33. The zero-order chi connectivity index (χ0) is 19.3.